The quantitative estimate of drug-likeness (QED) is 0.432. The number of hydrogen-bond acceptors (Lipinski definition) is 5. The SMILES string of the molecule is Clc1ccc(Oc2ccccc2)cc1-n1cc(Cn2ccc3cncnc32)nn1. The van der Waals surface area contributed by atoms with Gasteiger partial charge in [0.1, 0.15) is 29.2 Å². The normalized spacial score (nSPS) is 11.1. The molecule has 0 radical (unpaired) electrons. The zero-order chi connectivity index (χ0) is 19.6. The predicted molar refractivity (Wildman–Crippen MR) is 110 cm³/mol. The maximum absolute atomic E-state index is 6.40. The molecular weight excluding hydrogens is 388 g/mol. The van der Waals surface area contributed by atoms with E-state index in [0.29, 0.717) is 23.0 Å². The Kier molecular flexibility index (Phi) is 4.42. The van der Waals surface area contributed by atoms with Crippen molar-refractivity contribution in [3.05, 3.63) is 90.2 Å². The Labute approximate surface area is 171 Å². The number of aromatic nitrogens is 6. The average Bonchev–Trinajstić information content (AvgIpc) is 3.38. The zero-order valence-electron chi connectivity index (χ0n) is 15.2. The number of benzene rings is 2. The lowest BCUT2D eigenvalue weighted by atomic mass is 10.3. The van der Waals surface area contributed by atoms with Crippen LogP contribution in [0.5, 0.6) is 11.5 Å². The minimum atomic E-state index is 0.540. The number of para-hydroxylation sites is 1. The van der Waals surface area contributed by atoms with E-state index in [1.54, 1.807) is 16.9 Å². The summed E-state index contributed by atoms with van der Waals surface area (Å²) in [4.78, 5) is 8.37. The molecule has 0 aliphatic carbocycles. The second kappa shape index (κ2) is 7.37. The van der Waals surface area contributed by atoms with Gasteiger partial charge >= 0.3 is 0 Å². The second-order valence-electron chi connectivity index (χ2n) is 6.43. The molecule has 7 nitrogen and oxygen atoms in total. The van der Waals surface area contributed by atoms with Crippen LogP contribution in [0.4, 0.5) is 0 Å². The molecular formula is C21H15ClN6O. The van der Waals surface area contributed by atoms with Gasteiger partial charge in [-0.3, -0.25) is 0 Å². The van der Waals surface area contributed by atoms with Gasteiger partial charge in [-0.1, -0.05) is 35.0 Å². The molecule has 3 aromatic heterocycles. The molecule has 2 aromatic carbocycles. The van der Waals surface area contributed by atoms with Crippen LogP contribution in [0.25, 0.3) is 16.7 Å². The molecule has 0 aliphatic heterocycles. The van der Waals surface area contributed by atoms with Gasteiger partial charge in [0.05, 0.1) is 23.5 Å². The van der Waals surface area contributed by atoms with Crippen molar-refractivity contribution in [2.75, 3.05) is 0 Å². The molecule has 5 aromatic rings. The third-order valence-corrected chi connectivity index (χ3v) is 4.76. The molecule has 5 rings (SSSR count). The summed E-state index contributed by atoms with van der Waals surface area (Å²) in [5.41, 5.74) is 2.33. The Hall–Kier alpha value is -3.71. The fraction of sp³-hybridized carbons (Fsp3) is 0.0476. The molecule has 0 saturated carbocycles. The first kappa shape index (κ1) is 17.4. The summed E-state index contributed by atoms with van der Waals surface area (Å²) in [6, 6.07) is 17.0. The summed E-state index contributed by atoms with van der Waals surface area (Å²) >= 11 is 6.40. The van der Waals surface area contributed by atoms with Crippen LogP contribution in [0.3, 0.4) is 0 Å². The van der Waals surface area contributed by atoms with Crippen LogP contribution in [0.2, 0.25) is 5.02 Å². The van der Waals surface area contributed by atoms with Gasteiger partial charge in [-0.25, -0.2) is 14.6 Å². The number of fused-ring (bicyclic) bond motifs is 1. The van der Waals surface area contributed by atoms with Gasteiger partial charge in [0.15, 0.2) is 0 Å². The van der Waals surface area contributed by atoms with Crippen molar-refractivity contribution < 1.29 is 4.74 Å². The van der Waals surface area contributed by atoms with Crippen molar-refractivity contribution in [3.8, 4) is 17.2 Å². The van der Waals surface area contributed by atoms with Crippen molar-refractivity contribution in [2.45, 2.75) is 6.54 Å². The highest BCUT2D eigenvalue weighted by Gasteiger charge is 2.11. The molecule has 3 heterocycles. The fourth-order valence-electron chi connectivity index (χ4n) is 3.08. The molecule has 0 fully saturated rings. The summed E-state index contributed by atoms with van der Waals surface area (Å²) in [5.74, 6) is 1.42. The second-order valence-corrected chi connectivity index (χ2v) is 6.84. The summed E-state index contributed by atoms with van der Waals surface area (Å²) in [6.07, 6.45) is 7.13. The van der Waals surface area contributed by atoms with Gasteiger partial charge in [0.25, 0.3) is 0 Å². The topological polar surface area (TPSA) is 70.7 Å². The number of rotatable bonds is 5. The van der Waals surface area contributed by atoms with Crippen molar-refractivity contribution >= 4 is 22.6 Å². The summed E-state index contributed by atoms with van der Waals surface area (Å²) in [5, 5.41) is 10.1. The number of hydrogen-bond donors (Lipinski definition) is 0. The third kappa shape index (κ3) is 3.55. The third-order valence-electron chi connectivity index (χ3n) is 4.44. The van der Waals surface area contributed by atoms with Gasteiger partial charge in [0, 0.05) is 23.8 Å². The van der Waals surface area contributed by atoms with Gasteiger partial charge in [-0.15, -0.1) is 5.10 Å². The monoisotopic (exact) mass is 402 g/mol. The lowest BCUT2D eigenvalue weighted by Crippen LogP contribution is -1.99. The van der Waals surface area contributed by atoms with E-state index < -0.39 is 0 Å². The van der Waals surface area contributed by atoms with Gasteiger partial charge in [0.2, 0.25) is 0 Å². The van der Waals surface area contributed by atoms with Crippen molar-refractivity contribution in [1.82, 2.24) is 29.5 Å². The van der Waals surface area contributed by atoms with E-state index in [0.717, 1.165) is 22.5 Å². The van der Waals surface area contributed by atoms with Crippen molar-refractivity contribution in [3.63, 3.8) is 0 Å². The minimum Gasteiger partial charge on any atom is -0.457 e. The fourth-order valence-corrected chi connectivity index (χ4v) is 3.28. The molecule has 0 amide bonds. The first-order valence-electron chi connectivity index (χ1n) is 8.95. The number of halogens is 1. The summed E-state index contributed by atoms with van der Waals surface area (Å²) in [7, 11) is 0. The van der Waals surface area contributed by atoms with E-state index in [9.17, 15) is 0 Å². The Bertz CT molecular complexity index is 1280. The molecule has 0 bridgehead atoms. The molecule has 0 aliphatic rings. The highest BCUT2D eigenvalue weighted by molar-refractivity contribution is 6.32. The molecule has 0 N–H and O–H groups in total. The molecule has 0 spiro atoms. The van der Waals surface area contributed by atoms with Crippen molar-refractivity contribution in [1.29, 1.82) is 0 Å². The molecule has 0 atom stereocenters. The van der Waals surface area contributed by atoms with Crippen molar-refractivity contribution in [2.24, 2.45) is 0 Å². The number of ether oxygens (including phenoxy) is 1. The summed E-state index contributed by atoms with van der Waals surface area (Å²) < 4.78 is 9.55. The Morgan fingerprint density at radius 1 is 1.00 bits per heavy atom. The molecule has 8 heteroatoms. The highest BCUT2D eigenvalue weighted by atomic mass is 35.5. The molecule has 142 valence electrons. The van der Waals surface area contributed by atoms with E-state index in [1.165, 1.54) is 6.33 Å². The summed E-state index contributed by atoms with van der Waals surface area (Å²) in [6.45, 7) is 0.540. The predicted octanol–water partition coefficient (Wildman–Crippen LogP) is 4.51. The first-order valence-corrected chi connectivity index (χ1v) is 9.33. The Balaban J connectivity index is 1.42. The van der Waals surface area contributed by atoms with Gasteiger partial charge in [-0.05, 0) is 30.3 Å². The lowest BCUT2D eigenvalue weighted by molar-refractivity contribution is 0.482. The van der Waals surface area contributed by atoms with Crippen LogP contribution < -0.4 is 4.74 Å². The van der Waals surface area contributed by atoms with Crippen LogP contribution in [-0.2, 0) is 6.54 Å². The smallest absolute Gasteiger partial charge is 0.143 e. The Morgan fingerprint density at radius 3 is 2.79 bits per heavy atom. The zero-order valence-corrected chi connectivity index (χ0v) is 15.9. The van der Waals surface area contributed by atoms with E-state index in [4.69, 9.17) is 16.3 Å². The largest absolute Gasteiger partial charge is 0.457 e. The van der Waals surface area contributed by atoms with Gasteiger partial charge in [-0.2, -0.15) is 0 Å². The lowest BCUT2D eigenvalue weighted by Gasteiger charge is -2.09. The van der Waals surface area contributed by atoms with E-state index in [2.05, 4.69) is 20.3 Å². The van der Waals surface area contributed by atoms with Gasteiger partial charge < -0.3 is 9.30 Å². The average molecular weight is 403 g/mol. The van der Waals surface area contributed by atoms with E-state index >= 15 is 0 Å². The number of nitrogens with zero attached hydrogens (tertiary/aromatic N) is 6. The minimum absolute atomic E-state index is 0.540. The van der Waals surface area contributed by atoms with E-state index in [1.807, 2.05) is 65.5 Å². The highest BCUT2D eigenvalue weighted by Crippen LogP contribution is 2.28. The Morgan fingerprint density at radius 2 is 1.90 bits per heavy atom. The molecule has 0 unspecified atom stereocenters. The maximum Gasteiger partial charge on any atom is 0.143 e. The van der Waals surface area contributed by atoms with E-state index in [-0.39, 0.29) is 0 Å². The standard InChI is InChI=1S/C21H15ClN6O/c22-19-7-6-18(29-17-4-2-1-3-5-17)10-20(19)28-13-16(25-26-28)12-27-9-8-15-11-23-14-24-21(15)27/h1-11,13-14H,12H2. The van der Waals surface area contributed by atoms with Crippen LogP contribution in [0.15, 0.2) is 79.5 Å². The van der Waals surface area contributed by atoms with Crippen LogP contribution in [0.1, 0.15) is 5.69 Å². The molecule has 29 heavy (non-hydrogen) atoms. The molecule has 0 saturated heterocycles. The first-order chi connectivity index (χ1) is 14.3. The van der Waals surface area contributed by atoms with Crippen LogP contribution in [-0.4, -0.2) is 29.5 Å². The van der Waals surface area contributed by atoms with Crippen LogP contribution >= 0.6 is 11.6 Å². The van der Waals surface area contributed by atoms with Crippen LogP contribution in [0, 0.1) is 0 Å². The maximum atomic E-state index is 6.40.